The quantitative estimate of drug-likeness (QED) is 0.0261. The zero-order chi connectivity index (χ0) is 55.7. The number of hydrogen-bond donors (Lipinski definition) is 0. The molecular weight excluding hydrogens is 949 g/mol. The molecule has 0 N–H and O–H groups in total. The average molecular weight is 1080 g/mol. The number of rotatable bonds is 61. The lowest BCUT2D eigenvalue weighted by molar-refractivity contribution is -0.167. The molecule has 0 amide bonds. The number of ether oxygens (including phenoxy) is 3. The molecule has 0 saturated carbocycles. The maximum Gasteiger partial charge on any atom is 0.306 e. The van der Waals surface area contributed by atoms with Gasteiger partial charge in [-0.25, -0.2) is 0 Å². The number of hydrogen-bond acceptors (Lipinski definition) is 6. The first kappa shape index (κ1) is 73.8. The molecule has 1 atom stereocenters. The van der Waals surface area contributed by atoms with Crippen molar-refractivity contribution >= 4 is 17.9 Å². The van der Waals surface area contributed by atoms with Gasteiger partial charge >= 0.3 is 17.9 Å². The van der Waals surface area contributed by atoms with E-state index in [2.05, 4.69) is 93.7 Å². The van der Waals surface area contributed by atoms with Crippen LogP contribution in [0.5, 0.6) is 0 Å². The van der Waals surface area contributed by atoms with Crippen LogP contribution in [0, 0.1) is 0 Å². The van der Waals surface area contributed by atoms with Crippen molar-refractivity contribution in [1.82, 2.24) is 0 Å². The molecule has 0 aliphatic heterocycles. The largest absolute Gasteiger partial charge is 0.462 e. The van der Waals surface area contributed by atoms with Crippen molar-refractivity contribution in [2.75, 3.05) is 13.2 Å². The highest BCUT2D eigenvalue weighted by Crippen LogP contribution is 2.17. The standard InChI is InChI=1S/C71H126O6/c1-4-7-10-13-16-19-22-25-28-30-31-32-33-34-35-36-37-38-39-40-41-42-44-46-49-52-55-58-61-64-70(73)76-67-68(66-75-69(72)63-60-57-54-51-48-45-27-24-21-18-15-12-9-6-3)77-71(74)65-62-59-56-53-50-47-43-29-26-23-20-17-14-11-8-5-2/h7,10,16,19,25,28-29,31-32,34-35,43,68H,4-6,8-9,11-15,17-18,20-24,26-27,30,33,36-42,44-67H2,1-3H3/b10-7-,19-16-,28-25-,32-31-,35-34-,43-29-. The predicted molar refractivity (Wildman–Crippen MR) is 335 cm³/mol. The van der Waals surface area contributed by atoms with Crippen molar-refractivity contribution in [3.8, 4) is 0 Å². The summed E-state index contributed by atoms with van der Waals surface area (Å²) in [4.78, 5) is 38.3. The fourth-order valence-corrected chi connectivity index (χ4v) is 9.70. The maximum absolute atomic E-state index is 12.9. The van der Waals surface area contributed by atoms with Crippen molar-refractivity contribution in [3.63, 3.8) is 0 Å². The van der Waals surface area contributed by atoms with Gasteiger partial charge < -0.3 is 14.2 Å². The zero-order valence-electron chi connectivity index (χ0n) is 51.2. The molecule has 0 spiro atoms. The molecule has 0 fully saturated rings. The van der Waals surface area contributed by atoms with E-state index in [-0.39, 0.29) is 31.1 Å². The Labute approximate surface area is 478 Å². The highest BCUT2D eigenvalue weighted by molar-refractivity contribution is 5.71. The van der Waals surface area contributed by atoms with Gasteiger partial charge in [-0.3, -0.25) is 14.4 Å². The summed E-state index contributed by atoms with van der Waals surface area (Å²) in [5.74, 6) is -0.865. The molecule has 446 valence electrons. The fraction of sp³-hybridized carbons (Fsp3) is 0.789. The SMILES string of the molecule is CC/C=C\C/C=C\C/C=C\C/C=C\C/C=C\CCCCCCCCCCCCCCCC(=O)OCC(COC(=O)CCCCCCCCCCCCCCCC)OC(=O)CCCCCCC/C=C\CCCCCCCCC. The first-order valence-electron chi connectivity index (χ1n) is 33.4. The van der Waals surface area contributed by atoms with Crippen LogP contribution in [0.1, 0.15) is 342 Å². The Hall–Kier alpha value is -3.15. The van der Waals surface area contributed by atoms with Crippen LogP contribution >= 0.6 is 0 Å². The minimum Gasteiger partial charge on any atom is -0.462 e. The number of unbranched alkanes of at least 4 members (excludes halogenated alkanes) is 38. The molecule has 6 nitrogen and oxygen atoms in total. The maximum atomic E-state index is 12.9. The lowest BCUT2D eigenvalue weighted by atomic mass is 10.0. The third kappa shape index (κ3) is 63.6. The van der Waals surface area contributed by atoms with E-state index in [0.717, 1.165) is 96.3 Å². The number of carbonyl (C=O) groups is 3. The Morgan fingerprint density at radius 2 is 0.506 bits per heavy atom. The van der Waals surface area contributed by atoms with E-state index in [1.54, 1.807) is 0 Å². The minimum atomic E-state index is -0.778. The van der Waals surface area contributed by atoms with Gasteiger partial charge in [-0.05, 0) is 89.9 Å². The Bertz CT molecular complexity index is 1420. The van der Waals surface area contributed by atoms with Gasteiger partial charge in [-0.2, -0.15) is 0 Å². The summed E-state index contributed by atoms with van der Waals surface area (Å²) < 4.78 is 16.9. The van der Waals surface area contributed by atoms with Gasteiger partial charge in [-0.15, -0.1) is 0 Å². The third-order valence-electron chi connectivity index (χ3n) is 14.7. The first-order chi connectivity index (χ1) is 38.0. The van der Waals surface area contributed by atoms with Gasteiger partial charge in [0.15, 0.2) is 6.10 Å². The van der Waals surface area contributed by atoms with Gasteiger partial charge in [0.25, 0.3) is 0 Å². The van der Waals surface area contributed by atoms with E-state index in [0.29, 0.717) is 19.3 Å². The van der Waals surface area contributed by atoms with Gasteiger partial charge in [-0.1, -0.05) is 306 Å². The average Bonchev–Trinajstić information content (AvgIpc) is 3.43. The fourth-order valence-electron chi connectivity index (χ4n) is 9.70. The van der Waals surface area contributed by atoms with E-state index in [9.17, 15) is 14.4 Å². The van der Waals surface area contributed by atoms with E-state index in [1.807, 2.05) is 0 Å². The monoisotopic (exact) mass is 1070 g/mol. The van der Waals surface area contributed by atoms with Crippen molar-refractivity contribution in [1.29, 1.82) is 0 Å². The summed E-state index contributed by atoms with van der Waals surface area (Å²) in [6, 6.07) is 0. The molecule has 0 aliphatic carbocycles. The van der Waals surface area contributed by atoms with Gasteiger partial charge in [0, 0.05) is 19.3 Å². The Morgan fingerprint density at radius 1 is 0.273 bits per heavy atom. The summed E-state index contributed by atoms with van der Waals surface area (Å²) in [5.41, 5.74) is 0. The smallest absolute Gasteiger partial charge is 0.306 e. The van der Waals surface area contributed by atoms with Gasteiger partial charge in [0.2, 0.25) is 0 Å². The predicted octanol–water partition coefficient (Wildman–Crippen LogP) is 22.9. The summed E-state index contributed by atoms with van der Waals surface area (Å²) in [6.07, 6.45) is 84.9. The Balaban J connectivity index is 4.24. The topological polar surface area (TPSA) is 78.9 Å². The molecule has 0 aromatic rings. The summed E-state index contributed by atoms with van der Waals surface area (Å²) in [7, 11) is 0. The van der Waals surface area contributed by atoms with Crippen molar-refractivity contribution < 1.29 is 28.6 Å². The van der Waals surface area contributed by atoms with E-state index >= 15 is 0 Å². The van der Waals surface area contributed by atoms with Crippen molar-refractivity contribution in [2.24, 2.45) is 0 Å². The molecule has 1 unspecified atom stereocenters. The van der Waals surface area contributed by atoms with Crippen LogP contribution in [0.25, 0.3) is 0 Å². The molecule has 0 aliphatic rings. The molecule has 0 rings (SSSR count). The van der Waals surface area contributed by atoms with Crippen LogP contribution < -0.4 is 0 Å². The Morgan fingerprint density at radius 3 is 0.805 bits per heavy atom. The molecular formula is C71H126O6. The van der Waals surface area contributed by atoms with Crippen molar-refractivity contribution in [3.05, 3.63) is 72.9 Å². The lowest BCUT2D eigenvalue weighted by Gasteiger charge is -2.18. The second-order valence-corrected chi connectivity index (χ2v) is 22.4. The zero-order valence-corrected chi connectivity index (χ0v) is 51.2. The number of esters is 3. The van der Waals surface area contributed by atoms with E-state index in [1.165, 1.54) is 205 Å². The summed E-state index contributed by atoms with van der Waals surface area (Å²) in [5, 5.41) is 0. The molecule has 0 aromatic heterocycles. The van der Waals surface area contributed by atoms with Crippen LogP contribution in [-0.4, -0.2) is 37.2 Å². The second-order valence-electron chi connectivity index (χ2n) is 22.4. The highest BCUT2D eigenvalue weighted by Gasteiger charge is 2.19. The lowest BCUT2D eigenvalue weighted by Crippen LogP contribution is -2.30. The third-order valence-corrected chi connectivity index (χ3v) is 14.7. The first-order valence-corrected chi connectivity index (χ1v) is 33.4. The minimum absolute atomic E-state index is 0.0740. The van der Waals surface area contributed by atoms with Crippen molar-refractivity contribution in [2.45, 2.75) is 348 Å². The van der Waals surface area contributed by atoms with Crippen LogP contribution in [0.4, 0.5) is 0 Å². The molecule has 0 bridgehead atoms. The normalized spacial score (nSPS) is 12.5. The van der Waals surface area contributed by atoms with E-state index < -0.39 is 6.10 Å². The molecule has 77 heavy (non-hydrogen) atoms. The molecule has 6 heteroatoms. The number of carbonyl (C=O) groups excluding carboxylic acids is 3. The van der Waals surface area contributed by atoms with Crippen LogP contribution in [0.2, 0.25) is 0 Å². The second kappa shape index (κ2) is 65.4. The molecule has 0 saturated heterocycles. The highest BCUT2D eigenvalue weighted by atomic mass is 16.6. The van der Waals surface area contributed by atoms with Crippen LogP contribution in [0.15, 0.2) is 72.9 Å². The Kier molecular flexibility index (Phi) is 62.7. The molecule has 0 radical (unpaired) electrons. The molecule has 0 aromatic carbocycles. The summed E-state index contributed by atoms with van der Waals surface area (Å²) in [6.45, 7) is 6.56. The van der Waals surface area contributed by atoms with E-state index in [4.69, 9.17) is 14.2 Å². The molecule has 0 heterocycles. The van der Waals surface area contributed by atoms with Crippen LogP contribution in [-0.2, 0) is 28.6 Å². The summed E-state index contributed by atoms with van der Waals surface area (Å²) >= 11 is 0. The van der Waals surface area contributed by atoms with Crippen LogP contribution in [0.3, 0.4) is 0 Å². The van der Waals surface area contributed by atoms with Gasteiger partial charge in [0.1, 0.15) is 13.2 Å². The number of allylic oxidation sites excluding steroid dienone is 12. The van der Waals surface area contributed by atoms with Gasteiger partial charge in [0.05, 0.1) is 0 Å².